The second-order valence-electron chi connectivity index (χ2n) is 4.18. The molecule has 1 aliphatic heterocycles. The van der Waals surface area contributed by atoms with E-state index in [4.69, 9.17) is 0 Å². The van der Waals surface area contributed by atoms with Gasteiger partial charge < -0.3 is 5.32 Å². The molecule has 0 fully saturated rings. The Balaban J connectivity index is 1.80. The first kappa shape index (κ1) is 12.1. The number of fused-ring (bicyclic) bond motifs is 1. The first-order chi connectivity index (χ1) is 9.83. The van der Waals surface area contributed by atoms with Gasteiger partial charge in [-0.15, -0.1) is 0 Å². The van der Waals surface area contributed by atoms with Crippen LogP contribution >= 0.6 is 0 Å². The number of para-hydroxylation sites is 1. The number of rotatable bonds is 2. The lowest BCUT2D eigenvalue weighted by atomic mass is 10.2. The van der Waals surface area contributed by atoms with Crippen LogP contribution in [0.2, 0.25) is 0 Å². The molecule has 0 bridgehead atoms. The molecule has 1 amide bonds. The number of nitrogens with one attached hydrogen (secondary N) is 2. The van der Waals surface area contributed by atoms with Crippen molar-refractivity contribution in [2.24, 2.45) is 0 Å². The van der Waals surface area contributed by atoms with E-state index in [2.05, 4.69) is 20.6 Å². The number of aromatic nitrogens is 2. The SMILES string of the molecule is O=C(Nc1ncccn1)C1=CC=Cc2ccccc2N1. The summed E-state index contributed by atoms with van der Waals surface area (Å²) >= 11 is 0. The summed E-state index contributed by atoms with van der Waals surface area (Å²) in [6.07, 6.45) is 8.65. The van der Waals surface area contributed by atoms with Crippen molar-refractivity contribution in [2.75, 3.05) is 10.6 Å². The monoisotopic (exact) mass is 264 g/mol. The van der Waals surface area contributed by atoms with Crippen molar-refractivity contribution in [3.05, 3.63) is 66.1 Å². The number of carbonyl (C=O) groups excluding carboxylic acids is 1. The van der Waals surface area contributed by atoms with E-state index in [9.17, 15) is 4.79 Å². The summed E-state index contributed by atoms with van der Waals surface area (Å²) in [7, 11) is 0. The highest BCUT2D eigenvalue weighted by atomic mass is 16.2. The highest BCUT2D eigenvalue weighted by molar-refractivity contribution is 6.05. The third-order valence-electron chi connectivity index (χ3n) is 2.80. The first-order valence-corrected chi connectivity index (χ1v) is 6.16. The molecule has 0 unspecified atom stereocenters. The van der Waals surface area contributed by atoms with E-state index >= 15 is 0 Å². The Morgan fingerprint density at radius 1 is 1.10 bits per heavy atom. The summed E-state index contributed by atoms with van der Waals surface area (Å²) < 4.78 is 0. The van der Waals surface area contributed by atoms with Gasteiger partial charge in [-0.05, 0) is 23.8 Å². The molecule has 0 aliphatic carbocycles. The molecule has 2 N–H and O–H groups in total. The fourth-order valence-corrected chi connectivity index (χ4v) is 1.86. The average molecular weight is 264 g/mol. The molecule has 98 valence electrons. The third kappa shape index (κ3) is 2.56. The predicted molar refractivity (Wildman–Crippen MR) is 77.8 cm³/mol. The lowest BCUT2D eigenvalue weighted by Gasteiger charge is -2.10. The number of nitrogens with zero attached hydrogens (tertiary/aromatic N) is 2. The molecule has 0 atom stereocenters. The third-order valence-corrected chi connectivity index (χ3v) is 2.80. The van der Waals surface area contributed by atoms with Crippen LogP contribution in [0.25, 0.3) is 6.08 Å². The number of allylic oxidation sites excluding steroid dienone is 2. The minimum absolute atomic E-state index is 0.279. The smallest absolute Gasteiger partial charge is 0.274 e. The summed E-state index contributed by atoms with van der Waals surface area (Å²) in [6, 6.07) is 9.46. The maximum atomic E-state index is 12.2. The van der Waals surface area contributed by atoms with E-state index < -0.39 is 0 Å². The van der Waals surface area contributed by atoms with Gasteiger partial charge in [0.2, 0.25) is 5.95 Å². The largest absolute Gasteiger partial charge is 0.351 e. The topological polar surface area (TPSA) is 66.9 Å². The maximum absolute atomic E-state index is 12.2. The van der Waals surface area contributed by atoms with E-state index in [0.29, 0.717) is 5.70 Å². The Morgan fingerprint density at radius 3 is 2.75 bits per heavy atom. The zero-order valence-electron chi connectivity index (χ0n) is 10.6. The maximum Gasteiger partial charge on any atom is 0.274 e. The Hall–Kier alpha value is -2.95. The van der Waals surface area contributed by atoms with E-state index in [1.807, 2.05) is 36.4 Å². The quantitative estimate of drug-likeness (QED) is 0.874. The molecule has 0 spiro atoms. The summed E-state index contributed by atoms with van der Waals surface area (Å²) in [5, 5.41) is 5.75. The van der Waals surface area contributed by atoms with Crippen molar-refractivity contribution in [3.63, 3.8) is 0 Å². The van der Waals surface area contributed by atoms with Gasteiger partial charge in [-0.25, -0.2) is 9.97 Å². The fourth-order valence-electron chi connectivity index (χ4n) is 1.86. The van der Waals surface area contributed by atoms with Crippen LogP contribution < -0.4 is 10.6 Å². The molecule has 0 saturated heterocycles. The minimum Gasteiger partial charge on any atom is -0.351 e. The Kier molecular flexibility index (Phi) is 3.24. The lowest BCUT2D eigenvalue weighted by molar-refractivity contribution is -0.112. The zero-order chi connectivity index (χ0) is 13.8. The Labute approximate surface area is 116 Å². The number of carbonyl (C=O) groups is 1. The van der Waals surface area contributed by atoms with Crippen molar-refractivity contribution < 1.29 is 4.79 Å². The van der Waals surface area contributed by atoms with Crippen LogP contribution in [0.1, 0.15) is 5.56 Å². The van der Waals surface area contributed by atoms with Crippen LogP contribution in [0.15, 0.2) is 60.6 Å². The highest BCUT2D eigenvalue weighted by Gasteiger charge is 2.13. The molecule has 1 aliphatic rings. The zero-order valence-corrected chi connectivity index (χ0v) is 10.6. The summed E-state index contributed by atoms with van der Waals surface area (Å²) in [5.74, 6) is -0.000681. The average Bonchev–Trinajstić information content (AvgIpc) is 2.70. The Morgan fingerprint density at radius 2 is 1.90 bits per heavy atom. The van der Waals surface area contributed by atoms with E-state index in [0.717, 1.165) is 11.3 Å². The number of anilines is 2. The van der Waals surface area contributed by atoms with Gasteiger partial charge in [0.05, 0.1) is 0 Å². The highest BCUT2D eigenvalue weighted by Crippen LogP contribution is 2.21. The van der Waals surface area contributed by atoms with Crippen LogP contribution in [-0.4, -0.2) is 15.9 Å². The normalized spacial score (nSPS) is 12.7. The molecule has 0 saturated carbocycles. The number of amides is 1. The molecule has 5 nitrogen and oxygen atoms in total. The van der Waals surface area contributed by atoms with Crippen LogP contribution in [0.5, 0.6) is 0 Å². The van der Waals surface area contributed by atoms with Gasteiger partial charge >= 0.3 is 0 Å². The molecular weight excluding hydrogens is 252 g/mol. The Bertz CT molecular complexity index is 692. The molecular formula is C15H12N4O. The van der Waals surface area contributed by atoms with E-state index in [1.54, 1.807) is 24.5 Å². The molecule has 2 heterocycles. The molecule has 5 heteroatoms. The molecule has 1 aromatic heterocycles. The van der Waals surface area contributed by atoms with Gasteiger partial charge in [-0.3, -0.25) is 10.1 Å². The van der Waals surface area contributed by atoms with Crippen molar-refractivity contribution >= 4 is 23.6 Å². The van der Waals surface area contributed by atoms with Crippen molar-refractivity contribution in [1.82, 2.24) is 9.97 Å². The predicted octanol–water partition coefficient (Wildman–Crippen LogP) is 2.44. The molecule has 3 rings (SSSR count). The van der Waals surface area contributed by atoms with E-state index in [-0.39, 0.29) is 11.9 Å². The van der Waals surface area contributed by atoms with Crippen molar-refractivity contribution in [1.29, 1.82) is 0 Å². The molecule has 1 aromatic carbocycles. The second kappa shape index (κ2) is 5.36. The van der Waals surface area contributed by atoms with Crippen molar-refractivity contribution in [2.45, 2.75) is 0 Å². The van der Waals surface area contributed by atoms with Crippen LogP contribution in [0.3, 0.4) is 0 Å². The summed E-state index contributed by atoms with van der Waals surface area (Å²) in [5.41, 5.74) is 2.36. The lowest BCUT2D eigenvalue weighted by Crippen LogP contribution is -2.20. The van der Waals surface area contributed by atoms with Gasteiger partial charge in [0.1, 0.15) is 5.70 Å². The summed E-state index contributed by atoms with van der Waals surface area (Å²) in [6.45, 7) is 0. The molecule has 0 radical (unpaired) electrons. The molecule has 20 heavy (non-hydrogen) atoms. The van der Waals surface area contributed by atoms with Gasteiger partial charge in [0.15, 0.2) is 0 Å². The fraction of sp³-hybridized carbons (Fsp3) is 0. The van der Waals surface area contributed by atoms with Gasteiger partial charge in [-0.1, -0.05) is 30.4 Å². The van der Waals surface area contributed by atoms with Crippen LogP contribution in [0, 0.1) is 0 Å². The minimum atomic E-state index is -0.280. The second-order valence-corrected chi connectivity index (χ2v) is 4.18. The van der Waals surface area contributed by atoms with Gasteiger partial charge in [0.25, 0.3) is 5.91 Å². The first-order valence-electron chi connectivity index (χ1n) is 6.16. The van der Waals surface area contributed by atoms with Crippen molar-refractivity contribution in [3.8, 4) is 0 Å². The number of benzene rings is 1. The van der Waals surface area contributed by atoms with Gasteiger partial charge in [-0.2, -0.15) is 0 Å². The molecule has 2 aromatic rings. The summed E-state index contributed by atoms with van der Waals surface area (Å²) in [4.78, 5) is 20.1. The standard InChI is InChI=1S/C15H12N4O/c20-14(19-15-16-9-4-10-17-15)13-8-3-6-11-5-1-2-7-12(11)18-13/h1-10,18H,(H,16,17,19,20). The number of hydrogen-bond donors (Lipinski definition) is 2. The number of hydrogen-bond acceptors (Lipinski definition) is 4. The van der Waals surface area contributed by atoms with E-state index in [1.165, 1.54) is 0 Å². The van der Waals surface area contributed by atoms with Crippen LogP contribution in [0.4, 0.5) is 11.6 Å². The van der Waals surface area contributed by atoms with Crippen LogP contribution in [-0.2, 0) is 4.79 Å². The van der Waals surface area contributed by atoms with Gasteiger partial charge in [0, 0.05) is 18.1 Å².